The number of aryl methyl sites for hydroxylation is 1. The molecule has 0 N–H and O–H groups in total. The Morgan fingerprint density at radius 3 is 2.85 bits per heavy atom. The van der Waals surface area contributed by atoms with E-state index in [1.54, 1.807) is 17.8 Å². The number of carbonyl (C=O) groups is 1. The fourth-order valence-corrected chi connectivity index (χ4v) is 4.61. The molecule has 0 spiro atoms. The number of halogens is 1. The molecule has 26 heavy (non-hydrogen) atoms. The number of thiazole rings is 1. The van der Waals surface area contributed by atoms with E-state index < -0.39 is 0 Å². The Morgan fingerprint density at radius 2 is 2.08 bits per heavy atom. The molecular weight excluding hydrogens is 436 g/mol. The number of ether oxygens (including phenoxy) is 2. The molecule has 1 amide bonds. The average molecular weight is 451 g/mol. The molecule has 3 aromatic rings. The molecule has 1 aromatic heterocycles. The number of aromatic nitrogens is 1. The van der Waals surface area contributed by atoms with Crippen LogP contribution in [0.4, 0.5) is 0 Å². The van der Waals surface area contributed by atoms with Crippen molar-refractivity contribution in [3.63, 3.8) is 0 Å². The summed E-state index contributed by atoms with van der Waals surface area (Å²) in [6, 6.07) is 11.2. The van der Waals surface area contributed by atoms with Crippen molar-refractivity contribution in [2.75, 3.05) is 18.8 Å². The van der Waals surface area contributed by atoms with E-state index >= 15 is 0 Å². The van der Waals surface area contributed by atoms with Gasteiger partial charge in [-0.2, -0.15) is 16.8 Å². The van der Waals surface area contributed by atoms with Gasteiger partial charge in [-0.3, -0.25) is 4.79 Å². The third-order valence-corrected chi connectivity index (χ3v) is 6.32. The van der Waals surface area contributed by atoms with Gasteiger partial charge in [0.15, 0.2) is 16.3 Å². The third kappa shape index (κ3) is 3.28. The number of nitrogens with zero attached hydrogens (tertiary/aromatic N) is 2. The van der Waals surface area contributed by atoms with E-state index in [0.29, 0.717) is 10.4 Å². The van der Waals surface area contributed by atoms with Crippen LogP contribution in [0.1, 0.15) is 10.4 Å². The van der Waals surface area contributed by atoms with Crippen LogP contribution in [0.3, 0.4) is 0 Å². The van der Waals surface area contributed by atoms with Crippen LogP contribution in [0.25, 0.3) is 10.2 Å². The summed E-state index contributed by atoms with van der Waals surface area (Å²) < 4.78 is 14.8. The summed E-state index contributed by atoms with van der Waals surface area (Å²) in [4.78, 5) is 17.8. The van der Waals surface area contributed by atoms with E-state index in [1.165, 1.54) is 11.3 Å². The lowest BCUT2D eigenvalue weighted by Crippen LogP contribution is -2.18. The minimum Gasteiger partial charge on any atom is -0.454 e. The molecule has 0 saturated heterocycles. The summed E-state index contributed by atoms with van der Waals surface area (Å²) >= 11 is 6.66. The van der Waals surface area contributed by atoms with Crippen LogP contribution in [-0.2, 0) is 6.54 Å². The Balaban J connectivity index is 1.85. The molecule has 0 unspecified atom stereocenters. The lowest BCUT2D eigenvalue weighted by Gasteiger charge is -2.05. The Kier molecular flexibility index (Phi) is 5.06. The predicted molar refractivity (Wildman–Crippen MR) is 108 cm³/mol. The number of benzene rings is 2. The van der Waals surface area contributed by atoms with Gasteiger partial charge in [0.2, 0.25) is 6.79 Å². The predicted octanol–water partition coefficient (Wildman–Crippen LogP) is 4.30. The SMILES string of the molecule is CSCCn1c(=NC(=O)c2ccccc2Br)sc2cc3c(cc21)OCO3. The van der Waals surface area contributed by atoms with Crippen LogP contribution in [0.15, 0.2) is 45.9 Å². The van der Waals surface area contributed by atoms with Gasteiger partial charge in [-0.15, -0.1) is 0 Å². The van der Waals surface area contributed by atoms with Crippen molar-refractivity contribution in [1.29, 1.82) is 0 Å². The number of fused-ring (bicyclic) bond motifs is 2. The normalized spacial score (nSPS) is 13.5. The van der Waals surface area contributed by atoms with Gasteiger partial charge >= 0.3 is 0 Å². The van der Waals surface area contributed by atoms with Gasteiger partial charge in [0.25, 0.3) is 5.91 Å². The molecule has 0 aliphatic carbocycles. The van der Waals surface area contributed by atoms with Gasteiger partial charge < -0.3 is 14.0 Å². The van der Waals surface area contributed by atoms with Gasteiger partial charge in [0.05, 0.1) is 15.8 Å². The molecule has 0 atom stereocenters. The average Bonchev–Trinajstić information content (AvgIpc) is 3.21. The highest BCUT2D eigenvalue weighted by Crippen LogP contribution is 2.37. The highest BCUT2D eigenvalue weighted by atomic mass is 79.9. The van der Waals surface area contributed by atoms with Gasteiger partial charge in [0.1, 0.15) is 0 Å². The van der Waals surface area contributed by atoms with E-state index in [-0.39, 0.29) is 12.7 Å². The fourth-order valence-electron chi connectivity index (χ4n) is 2.73. The molecule has 0 radical (unpaired) electrons. The molecule has 0 saturated carbocycles. The van der Waals surface area contributed by atoms with Crippen molar-refractivity contribution < 1.29 is 14.3 Å². The number of hydrogen-bond acceptors (Lipinski definition) is 5. The molecule has 4 rings (SSSR count). The third-order valence-electron chi connectivity index (χ3n) is 4.00. The van der Waals surface area contributed by atoms with Gasteiger partial charge in [0, 0.05) is 28.9 Å². The minimum absolute atomic E-state index is 0.245. The fraction of sp³-hybridized carbons (Fsp3) is 0.222. The summed E-state index contributed by atoms with van der Waals surface area (Å²) in [6.07, 6.45) is 2.06. The summed E-state index contributed by atoms with van der Waals surface area (Å²) in [7, 11) is 0. The lowest BCUT2D eigenvalue weighted by molar-refractivity contribution is 0.0997. The quantitative estimate of drug-likeness (QED) is 0.594. The summed E-state index contributed by atoms with van der Waals surface area (Å²) in [5.41, 5.74) is 1.56. The van der Waals surface area contributed by atoms with E-state index in [2.05, 4.69) is 31.7 Å². The van der Waals surface area contributed by atoms with Crippen molar-refractivity contribution in [3.05, 3.63) is 51.2 Å². The van der Waals surface area contributed by atoms with Gasteiger partial charge in [-0.1, -0.05) is 23.5 Å². The lowest BCUT2D eigenvalue weighted by atomic mass is 10.2. The second-order valence-electron chi connectivity index (χ2n) is 5.60. The Bertz CT molecular complexity index is 1060. The molecule has 0 fully saturated rings. The monoisotopic (exact) mass is 450 g/mol. The second kappa shape index (κ2) is 7.46. The molecule has 8 heteroatoms. The summed E-state index contributed by atoms with van der Waals surface area (Å²) in [5.74, 6) is 2.13. The van der Waals surface area contributed by atoms with E-state index in [0.717, 1.165) is 38.5 Å². The standard InChI is InChI=1S/C18H15BrN2O3S2/c1-25-7-6-21-13-8-14-15(24-10-23-14)9-16(13)26-18(21)20-17(22)11-4-2-3-5-12(11)19/h2-5,8-9H,6-7,10H2,1H3. The first-order valence-corrected chi connectivity index (χ1v) is 10.9. The van der Waals surface area contributed by atoms with Crippen LogP contribution in [0, 0.1) is 0 Å². The topological polar surface area (TPSA) is 52.8 Å². The Morgan fingerprint density at radius 1 is 1.31 bits per heavy atom. The number of rotatable bonds is 4. The maximum atomic E-state index is 12.7. The first kappa shape index (κ1) is 17.6. The largest absolute Gasteiger partial charge is 0.454 e. The molecule has 2 aromatic carbocycles. The first-order chi connectivity index (χ1) is 12.7. The first-order valence-electron chi connectivity index (χ1n) is 7.93. The van der Waals surface area contributed by atoms with Crippen molar-refractivity contribution in [2.45, 2.75) is 6.54 Å². The Labute approximate surface area is 166 Å². The second-order valence-corrected chi connectivity index (χ2v) is 8.45. The number of carbonyl (C=O) groups excluding carboxylic acids is 1. The van der Waals surface area contributed by atoms with Crippen LogP contribution < -0.4 is 14.3 Å². The highest BCUT2D eigenvalue weighted by Gasteiger charge is 2.18. The molecule has 5 nitrogen and oxygen atoms in total. The maximum absolute atomic E-state index is 12.7. The molecule has 1 aliphatic heterocycles. The zero-order valence-electron chi connectivity index (χ0n) is 13.9. The van der Waals surface area contributed by atoms with Gasteiger partial charge in [-0.25, -0.2) is 0 Å². The van der Waals surface area contributed by atoms with Crippen LogP contribution >= 0.6 is 39.0 Å². The summed E-state index contributed by atoms with van der Waals surface area (Å²) in [6.45, 7) is 1.01. The van der Waals surface area contributed by atoms with E-state index in [9.17, 15) is 4.79 Å². The molecule has 0 bridgehead atoms. The Hall–Kier alpha value is -1.77. The van der Waals surface area contributed by atoms with Crippen molar-refractivity contribution >= 4 is 55.2 Å². The maximum Gasteiger partial charge on any atom is 0.280 e. The zero-order valence-corrected chi connectivity index (χ0v) is 17.1. The molecular formula is C18H15BrN2O3S2. The van der Waals surface area contributed by atoms with Crippen LogP contribution in [0.2, 0.25) is 0 Å². The van der Waals surface area contributed by atoms with Gasteiger partial charge in [-0.05, 0) is 34.3 Å². The zero-order chi connectivity index (χ0) is 18.1. The molecule has 2 heterocycles. The van der Waals surface area contributed by atoms with Crippen molar-refractivity contribution in [1.82, 2.24) is 4.57 Å². The molecule has 1 aliphatic rings. The van der Waals surface area contributed by atoms with Crippen LogP contribution in [-0.4, -0.2) is 29.3 Å². The van der Waals surface area contributed by atoms with Crippen molar-refractivity contribution in [3.8, 4) is 11.5 Å². The number of amides is 1. The minimum atomic E-state index is -0.262. The molecule has 134 valence electrons. The van der Waals surface area contributed by atoms with E-state index in [4.69, 9.17) is 9.47 Å². The smallest absolute Gasteiger partial charge is 0.280 e. The number of hydrogen-bond donors (Lipinski definition) is 0. The van der Waals surface area contributed by atoms with E-state index in [1.807, 2.05) is 30.3 Å². The number of thioether (sulfide) groups is 1. The highest BCUT2D eigenvalue weighted by molar-refractivity contribution is 9.10. The summed E-state index contributed by atoms with van der Waals surface area (Å²) in [5, 5.41) is 0. The van der Waals surface area contributed by atoms with Crippen molar-refractivity contribution in [2.24, 2.45) is 4.99 Å². The van der Waals surface area contributed by atoms with Crippen LogP contribution in [0.5, 0.6) is 11.5 Å².